The minimum absolute atomic E-state index is 0.00623. The van der Waals surface area contributed by atoms with Gasteiger partial charge >= 0.3 is 12.2 Å². The Balaban J connectivity index is 1.65. The number of carbonyl (C=O) groups is 2. The number of benzene rings is 2. The van der Waals surface area contributed by atoms with E-state index in [0.29, 0.717) is 18.0 Å². The van der Waals surface area contributed by atoms with Crippen molar-refractivity contribution in [1.29, 1.82) is 0 Å². The first-order chi connectivity index (χ1) is 20.0. The molecular weight excluding hydrogens is 524 g/mol. The Hall–Kier alpha value is -3.02. The topological polar surface area (TPSA) is 76.7 Å². The van der Waals surface area contributed by atoms with Crippen LogP contribution in [-0.2, 0) is 25.7 Å². The summed E-state index contributed by atoms with van der Waals surface area (Å²) in [6.07, 6.45) is 9.50. The van der Waals surface area contributed by atoms with E-state index in [0.717, 1.165) is 81.8 Å². The molecule has 1 saturated carbocycles. The third kappa shape index (κ3) is 9.50. The fraction of sp³-hybridized carbons (Fsp3) is 0.611. The zero-order valence-electron chi connectivity index (χ0n) is 27.2. The molecule has 0 radical (unpaired) electrons. The van der Waals surface area contributed by atoms with Gasteiger partial charge in [0.2, 0.25) is 0 Å². The molecule has 3 rings (SSSR count). The van der Waals surface area contributed by atoms with Gasteiger partial charge in [0.25, 0.3) is 0 Å². The van der Waals surface area contributed by atoms with Crippen LogP contribution in [0.1, 0.15) is 116 Å². The lowest BCUT2D eigenvalue weighted by atomic mass is 9.62. The largest absolute Gasteiger partial charge is 0.412 e. The monoisotopic (exact) mass is 578 g/mol. The molecule has 6 heteroatoms. The molecule has 42 heavy (non-hydrogen) atoms. The first-order valence-electron chi connectivity index (χ1n) is 16.2. The van der Waals surface area contributed by atoms with Crippen LogP contribution in [0.4, 0.5) is 9.59 Å². The second kappa shape index (κ2) is 15.5. The number of ether oxygens (including phenoxy) is 2. The molecule has 1 aliphatic carbocycles. The Kier molecular flexibility index (Phi) is 12.3. The van der Waals surface area contributed by atoms with Gasteiger partial charge in [-0.05, 0) is 90.2 Å². The summed E-state index contributed by atoms with van der Waals surface area (Å²) in [7, 11) is 0. The molecule has 2 N–H and O–H groups in total. The van der Waals surface area contributed by atoms with E-state index in [2.05, 4.69) is 71.2 Å². The number of hydrogen-bond acceptors (Lipinski definition) is 4. The van der Waals surface area contributed by atoms with Crippen LogP contribution in [0.2, 0.25) is 0 Å². The Morgan fingerprint density at radius 3 is 1.74 bits per heavy atom. The van der Waals surface area contributed by atoms with Gasteiger partial charge in [0, 0.05) is 12.6 Å². The Morgan fingerprint density at radius 2 is 1.24 bits per heavy atom. The van der Waals surface area contributed by atoms with Gasteiger partial charge in [0.1, 0.15) is 11.5 Å². The Labute approximate surface area is 254 Å². The minimum Gasteiger partial charge on any atom is -0.410 e. The van der Waals surface area contributed by atoms with E-state index in [1.165, 1.54) is 11.1 Å². The van der Waals surface area contributed by atoms with Crippen molar-refractivity contribution in [3.8, 4) is 11.5 Å². The predicted octanol–water partition coefficient (Wildman–Crippen LogP) is 8.96. The van der Waals surface area contributed by atoms with Gasteiger partial charge in [-0.1, -0.05) is 98.4 Å². The number of nitrogens with one attached hydrogen (secondary N) is 2. The van der Waals surface area contributed by atoms with Gasteiger partial charge in [0.15, 0.2) is 0 Å². The van der Waals surface area contributed by atoms with E-state index in [1.54, 1.807) is 0 Å². The minimum atomic E-state index is -0.426. The van der Waals surface area contributed by atoms with Crippen molar-refractivity contribution in [1.82, 2.24) is 10.6 Å². The Bertz CT molecular complexity index is 1190. The summed E-state index contributed by atoms with van der Waals surface area (Å²) in [5.41, 5.74) is 4.57. The van der Waals surface area contributed by atoms with Crippen LogP contribution in [0.3, 0.4) is 0 Å². The van der Waals surface area contributed by atoms with E-state index in [1.807, 2.05) is 24.3 Å². The van der Waals surface area contributed by atoms with Gasteiger partial charge < -0.3 is 20.1 Å². The molecule has 1 fully saturated rings. The fourth-order valence-electron chi connectivity index (χ4n) is 7.08. The van der Waals surface area contributed by atoms with Crippen LogP contribution in [0.15, 0.2) is 36.4 Å². The molecule has 0 aliphatic heterocycles. The summed E-state index contributed by atoms with van der Waals surface area (Å²) in [5, 5.41) is 6.21. The average molecular weight is 579 g/mol. The van der Waals surface area contributed by atoms with Crippen LogP contribution in [-0.4, -0.2) is 24.8 Å². The van der Waals surface area contributed by atoms with Gasteiger partial charge in [0.05, 0.1) is 0 Å². The molecule has 2 aromatic rings. The highest BCUT2D eigenvalue weighted by Gasteiger charge is 2.42. The molecule has 2 unspecified atom stereocenters. The first-order valence-corrected chi connectivity index (χ1v) is 16.2. The third-order valence-corrected chi connectivity index (χ3v) is 8.33. The van der Waals surface area contributed by atoms with Crippen LogP contribution >= 0.6 is 0 Å². The summed E-state index contributed by atoms with van der Waals surface area (Å²) in [6.45, 7) is 15.7. The normalized spacial score (nSPS) is 19.6. The zero-order chi connectivity index (χ0) is 30.8. The molecular formula is C36H54N2O4. The summed E-state index contributed by atoms with van der Waals surface area (Å²) in [6, 6.07) is 12.0. The van der Waals surface area contributed by atoms with Crippen molar-refractivity contribution in [2.75, 3.05) is 6.54 Å². The van der Waals surface area contributed by atoms with Crippen molar-refractivity contribution >= 4 is 12.2 Å². The molecule has 0 saturated heterocycles. The molecule has 6 nitrogen and oxygen atoms in total. The van der Waals surface area contributed by atoms with E-state index in [4.69, 9.17) is 9.47 Å². The van der Waals surface area contributed by atoms with Gasteiger partial charge in [-0.25, -0.2) is 9.59 Å². The van der Waals surface area contributed by atoms with E-state index in [9.17, 15) is 9.59 Å². The van der Waals surface area contributed by atoms with Crippen molar-refractivity contribution in [3.05, 3.63) is 58.7 Å². The fourth-order valence-corrected chi connectivity index (χ4v) is 7.08. The van der Waals surface area contributed by atoms with Gasteiger partial charge in [-0.3, -0.25) is 0 Å². The second-order valence-corrected chi connectivity index (χ2v) is 13.3. The molecule has 0 bridgehead atoms. The standard InChI is InChI=1S/C36H54N2O4/c1-8-14-26-18-12-20-31(29(26)16-10-3)41-33(39)37-25-36(7)23-28(22-35(5,6)24-36)38-34(40)42-32-21-13-19-27(15-9-2)30(32)17-11-4/h12-13,18-21,28H,8-11,14-17,22-25H2,1-7H3,(H,37,39)(H,38,40). The maximum atomic E-state index is 13.1. The van der Waals surface area contributed by atoms with Crippen molar-refractivity contribution in [2.24, 2.45) is 10.8 Å². The average Bonchev–Trinajstić information content (AvgIpc) is 2.90. The molecule has 2 aromatic carbocycles. The second-order valence-electron chi connectivity index (χ2n) is 13.3. The molecule has 1 aliphatic rings. The molecule has 232 valence electrons. The number of amides is 2. The summed E-state index contributed by atoms with van der Waals surface area (Å²) in [4.78, 5) is 26.1. The lowest BCUT2D eigenvalue weighted by molar-refractivity contribution is 0.0701. The number of aryl methyl sites for hydroxylation is 2. The van der Waals surface area contributed by atoms with E-state index < -0.39 is 12.2 Å². The summed E-state index contributed by atoms with van der Waals surface area (Å²) >= 11 is 0. The SMILES string of the molecule is CCCc1cccc(OC(=O)NCC2(C)CC(NC(=O)Oc3cccc(CCC)c3CCC)CC(C)(C)C2)c1CCC. The lowest BCUT2D eigenvalue weighted by Gasteiger charge is -2.46. The maximum absolute atomic E-state index is 13.1. The third-order valence-electron chi connectivity index (χ3n) is 8.33. The van der Waals surface area contributed by atoms with Gasteiger partial charge in [-0.2, -0.15) is 0 Å². The highest BCUT2D eigenvalue weighted by molar-refractivity contribution is 5.72. The smallest absolute Gasteiger partial charge is 0.410 e. The molecule has 2 atom stereocenters. The first kappa shape index (κ1) is 33.5. The Morgan fingerprint density at radius 1 is 0.738 bits per heavy atom. The predicted molar refractivity (Wildman–Crippen MR) is 172 cm³/mol. The van der Waals surface area contributed by atoms with Crippen LogP contribution in [0, 0.1) is 10.8 Å². The summed E-state index contributed by atoms with van der Waals surface area (Å²) < 4.78 is 11.8. The summed E-state index contributed by atoms with van der Waals surface area (Å²) in [5.74, 6) is 1.31. The van der Waals surface area contributed by atoms with E-state index >= 15 is 0 Å². The lowest BCUT2D eigenvalue weighted by Crippen LogP contribution is -2.51. The molecule has 0 spiro atoms. The van der Waals surface area contributed by atoms with Crippen molar-refractivity contribution in [3.63, 3.8) is 0 Å². The molecule has 2 amide bonds. The van der Waals surface area contributed by atoms with Crippen LogP contribution in [0.25, 0.3) is 0 Å². The highest BCUT2D eigenvalue weighted by Crippen LogP contribution is 2.46. The maximum Gasteiger partial charge on any atom is 0.412 e. The zero-order valence-corrected chi connectivity index (χ0v) is 27.2. The number of hydrogen-bond donors (Lipinski definition) is 2. The van der Waals surface area contributed by atoms with Crippen molar-refractivity contribution < 1.29 is 19.1 Å². The van der Waals surface area contributed by atoms with Crippen molar-refractivity contribution in [2.45, 2.75) is 125 Å². The molecule has 0 heterocycles. The highest BCUT2D eigenvalue weighted by atomic mass is 16.6. The quantitative estimate of drug-likeness (QED) is 0.249. The van der Waals surface area contributed by atoms with E-state index in [-0.39, 0.29) is 16.9 Å². The van der Waals surface area contributed by atoms with Crippen LogP contribution < -0.4 is 20.1 Å². The number of rotatable bonds is 13. The number of carbonyl (C=O) groups excluding carboxylic acids is 2. The van der Waals surface area contributed by atoms with Crippen LogP contribution in [0.5, 0.6) is 11.5 Å². The molecule has 0 aromatic heterocycles. The van der Waals surface area contributed by atoms with Gasteiger partial charge in [-0.15, -0.1) is 0 Å².